The van der Waals surface area contributed by atoms with Crippen LogP contribution < -0.4 is 19.5 Å². The van der Waals surface area contributed by atoms with E-state index in [1.165, 1.54) is 22.2 Å². The van der Waals surface area contributed by atoms with E-state index in [2.05, 4.69) is 10.2 Å². The molecule has 0 aromatic heterocycles. The molecule has 0 aliphatic carbocycles. The summed E-state index contributed by atoms with van der Waals surface area (Å²) in [4.78, 5) is 15.7. The van der Waals surface area contributed by atoms with Crippen LogP contribution in [0.15, 0.2) is 47.4 Å². The molecule has 6 rings (SSSR count). The first kappa shape index (κ1) is 36.0. The predicted octanol–water partition coefficient (Wildman–Crippen LogP) is 3.30. The van der Waals surface area contributed by atoms with Gasteiger partial charge < -0.3 is 38.8 Å². The summed E-state index contributed by atoms with van der Waals surface area (Å²) in [6, 6.07) is 11.1. The van der Waals surface area contributed by atoms with Gasteiger partial charge in [0.15, 0.2) is 17.8 Å². The minimum absolute atomic E-state index is 0.0171. The molecular weight excluding hydrogens is 675 g/mol. The van der Waals surface area contributed by atoms with Crippen molar-refractivity contribution >= 4 is 27.9 Å². The number of ether oxygens (including phenoxy) is 6. The summed E-state index contributed by atoms with van der Waals surface area (Å²) in [7, 11) is -4.06. The Morgan fingerprint density at radius 3 is 2.71 bits per heavy atom. The van der Waals surface area contributed by atoms with Crippen LogP contribution in [0, 0.1) is 11.8 Å². The second-order valence-electron chi connectivity index (χ2n) is 13.2. The lowest BCUT2D eigenvalue weighted by Crippen LogP contribution is -2.51. The molecule has 2 aromatic carbocycles. The molecule has 5 atom stereocenters. The Balaban J connectivity index is 1.14. The van der Waals surface area contributed by atoms with Crippen LogP contribution in [0.4, 0.5) is 4.79 Å². The lowest BCUT2D eigenvalue weighted by molar-refractivity contribution is -0.0907. The summed E-state index contributed by atoms with van der Waals surface area (Å²) >= 11 is 1.95. The van der Waals surface area contributed by atoms with E-state index in [1.807, 2.05) is 49.9 Å². The fourth-order valence-electron chi connectivity index (χ4n) is 6.44. The summed E-state index contributed by atoms with van der Waals surface area (Å²) < 4.78 is 62.8. The Labute approximate surface area is 292 Å². The first-order valence-corrected chi connectivity index (χ1v) is 19.6. The fourth-order valence-corrected chi connectivity index (χ4v) is 9.11. The molecule has 3 unspecified atom stereocenters. The van der Waals surface area contributed by atoms with Crippen LogP contribution in [0.1, 0.15) is 32.3 Å². The van der Waals surface area contributed by atoms with E-state index in [1.54, 1.807) is 6.07 Å². The zero-order chi connectivity index (χ0) is 34.4. The van der Waals surface area contributed by atoms with Crippen molar-refractivity contribution in [3.05, 3.63) is 48.0 Å². The van der Waals surface area contributed by atoms with E-state index in [0.29, 0.717) is 24.7 Å². The maximum absolute atomic E-state index is 13.9. The third-order valence-corrected chi connectivity index (χ3v) is 11.9. The van der Waals surface area contributed by atoms with Crippen molar-refractivity contribution in [2.24, 2.45) is 11.8 Å². The number of rotatable bonds is 16. The molecule has 3 saturated heterocycles. The van der Waals surface area contributed by atoms with Gasteiger partial charge in [-0.2, -0.15) is 4.31 Å². The van der Waals surface area contributed by atoms with Crippen molar-refractivity contribution in [2.45, 2.75) is 62.5 Å². The zero-order valence-corrected chi connectivity index (χ0v) is 29.7. The number of aliphatic hydroxyl groups is 1. The average molecular weight is 722 g/mol. The summed E-state index contributed by atoms with van der Waals surface area (Å²) in [6.07, 6.45) is -0.973. The number of nitrogens with one attached hydrogen (secondary N) is 1. The topological polar surface area (TPSA) is 145 Å². The number of carbonyl (C=O) groups is 1. The normalized spacial score (nSPS) is 23.2. The van der Waals surface area contributed by atoms with Gasteiger partial charge in [-0.05, 0) is 55.0 Å². The minimum atomic E-state index is -4.06. The van der Waals surface area contributed by atoms with Gasteiger partial charge in [0.25, 0.3) is 0 Å². The van der Waals surface area contributed by atoms with Crippen molar-refractivity contribution in [2.75, 3.05) is 64.4 Å². The van der Waals surface area contributed by atoms with Crippen LogP contribution in [0.25, 0.3) is 0 Å². The molecule has 0 saturated carbocycles. The largest absolute Gasteiger partial charge is 0.494 e. The number of benzene rings is 2. The van der Waals surface area contributed by atoms with Crippen molar-refractivity contribution in [3.63, 3.8) is 0 Å². The molecule has 3 fully saturated rings. The van der Waals surface area contributed by atoms with Crippen LogP contribution in [0.2, 0.25) is 0 Å². The lowest BCUT2D eigenvalue weighted by atomic mass is 10.0. The molecule has 4 heterocycles. The molecule has 270 valence electrons. The molecule has 4 aliphatic rings. The van der Waals surface area contributed by atoms with E-state index in [4.69, 9.17) is 28.4 Å². The molecule has 1 amide bonds. The number of hydrogen-bond acceptors (Lipinski definition) is 12. The fraction of sp³-hybridized carbons (Fsp3) is 0.618. The van der Waals surface area contributed by atoms with Gasteiger partial charge in [-0.3, -0.25) is 4.90 Å². The van der Waals surface area contributed by atoms with Crippen LogP contribution in [-0.2, 0) is 30.7 Å². The van der Waals surface area contributed by atoms with E-state index in [9.17, 15) is 18.3 Å². The van der Waals surface area contributed by atoms with Crippen LogP contribution in [0.3, 0.4) is 0 Å². The number of fused-ring (bicyclic) bond motifs is 2. The highest BCUT2D eigenvalue weighted by Crippen LogP contribution is 2.35. The molecule has 4 aliphatic heterocycles. The summed E-state index contributed by atoms with van der Waals surface area (Å²) in [6.45, 7) is 7.21. The van der Waals surface area contributed by atoms with Crippen molar-refractivity contribution < 1.29 is 46.7 Å². The average Bonchev–Trinajstić information content (AvgIpc) is 3.90. The maximum atomic E-state index is 13.9. The second-order valence-corrected chi connectivity index (χ2v) is 16.2. The third-order valence-electron chi connectivity index (χ3n) is 9.04. The standard InChI is InChI=1S/C34H47N3O10S2/c1-23(2)18-37(49(40,41)26-8-9-30-31(17-26)46-22-45-30)19-29(38)28(35-34(39)47-32-20-44-33-27(32)10-14-43-33)16-24-4-6-25(7-5-24)42-13-3-11-36-12-15-48-21-36/h4-9,17,23,27-29,32-33,38H,3,10-16,18-22H2,1-2H3,(H,35,39)/t27?,28-,29+,32?,33?/m0/s1. The number of aliphatic hydroxyl groups excluding tert-OH is 1. The Morgan fingerprint density at radius 2 is 1.94 bits per heavy atom. The smallest absolute Gasteiger partial charge is 0.407 e. The van der Waals surface area contributed by atoms with E-state index in [0.717, 1.165) is 43.1 Å². The summed E-state index contributed by atoms with van der Waals surface area (Å²) in [5.74, 6) is 3.71. The molecule has 13 nitrogen and oxygen atoms in total. The first-order chi connectivity index (χ1) is 23.7. The number of sulfonamides is 1. The number of thioether (sulfide) groups is 1. The van der Waals surface area contributed by atoms with Crippen LogP contribution in [-0.4, -0.2) is 118 Å². The van der Waals surface area contributed by atoms with Gasteiger partial charge in [0.1, 0.15) is 11.9 Å². The lowest BCUT2D eigenvalue weighted by Gasteiger charge is -2.31. The monoisotopic (exact) mass is 721 g/mol. The molecule has 2 N–H and O–H groups in total. The Morgan fingerprint density at radius 1 is 1.12 bits per heavy atom. The number of carbonyl (C=O) groups excluding carboxylic acids is 1. The highest BCUT2D eigenvalue weighted by Gasteiger charge is 2.44. The maximum Gasteiger partial charge on any atom is 0.407 e. The van der Waals surface area contributed by atoms with Gasteiger partial charge in [-0.1, -0.05) is 26.0 Å². The zero-order valence-electron chi connectivity index (χ0n) is 28.0. The van der Waals surface area contributed by atoms with Crippen molar-refractivity contribution in [1.29, 1.82) is 0 Å². The Hall–Kier alpha value is -2.79. The molecular formula is C34H47N3O10S2. The minimum Gasteiger partial charge on any atom is -0.494 e. The second kappa shape index (κ2) is 16.5. The third kappa shape index (κ3) is 9.31. The summed E-state index contributed by atoms with van der Waals surface area (Å²) in [5, 5.41) is 14.5. The number of amides is 1. The van der Waals surface area contributed by atoms with E-state index < -0.39 is 34.4 Å². The van der Waals surface area contributed by atoms with Crippen LogP contribution >= 0.6 is 11.8 Å². The number of hydrogen-bond donors (Lipinski definition) is 2. The molecule has 0 radical (unpaired) electrons. The van der Waals surface area contributed by atoms with Gasteiger partial charge in [-0.15, -0.1) is 11.8 Å². The molecule has 0 bridgehead atoms. The van der Waals surface area contributed by atoms with Gasteiger partial charge in [0.2, 0.25) is 16.8 Å². The van der Waals surface area contributed by atoms with Crippen LogP contribution in [0.5, 0.6) is 17.2 Å². The highest BCUT2D eigenvalue weighted by atomic mass is 32.2. The van der Waals surface area contributed by atoms with Gasteiger partial charge in [-0.25, -0.2) is 13.2 Å². The Bertz CT molecular complexity index is 1510. The first-order valence-electron chi connectivity index (χ1n) is 17.0. The number of nitrogens with zero attached hydrogens (tertiary/aromatic N) is 2. The van der Waals surface area contributed by atoms with E-state index in [-0.39, 0.29) is 55.9 Å². The molecule has 0 spiro atoms. The van der Waals surface area contributed by atoms with Gasteiger partial charge >= 0.3 is 6.09 Å². The number of alkyl carbamates (subject to hydrolysis) is 1. The SMILES string of the molecule is CC(C)CN(C[C@@H](O)[C@H](Cc1ccc(OCCCN2CCSC2)cc1)NC(=O)OC1COC2OCCC12)S(=O)(=O)c1ccc2c(c1)OCO2. The molecule has 15 heteroatoms. The predicted molar refractivity (Wildman–Crippen MR) is 182 cm³/mol. The quantitative estimate of drug-likeness (QED) is 0.246. The molecule has 49 heavy (non-hydrogen) atoms. The Kier molecular flexibility index (Phi) is 12.1. The molecule has 2 aromatic rings. The van der Waals surface area contributed by atoms with E-state index >= 15 is 0 Å². The highest BCUT2D eigenvalue weighted by molar-refractivity contribution is 7.99. The summed E-state index contributed by atoms with van der Waals surface area (Å²) in [5.41, 5.74) is 0.827. The van der Waals surface area contributed by atoms with Crippen molar-refractivity contribution in [1.82, 2.24) is 14.5 Å². The van der Waals surface area contributed by atoms with Crippen molar-refractivity contribution in [3.8, 4) is 17.2 Å². The van der Waals surface area contributed by atoms with Gasteiger partial charge in [0, 0.05) is 43.9 Å². The van der Waals surface area contributed by atoms with Gasteiger partial charge in [0.05, 0.1) is 42.8 Å².